The van der Waals surface area contributed by atoms with Crippen LogP contribution >= 0.6 is 12.2 Å². The van der Waals surface area contributed by atoms with Crippen molar-refractivity contribution in [1.29, 1.82) is 0 Å². The van der Waals surface area contributed by atoms with Gasteiger partial charge in [0.05, 0.1) is 0 Å². The molecule has 0 saturated carbocycles. The molecular formula is C21H17FN2O2S. The number of hydrogen-bond acceptors (Lipinski definition) is 3. The zero-order valence-electron chi connectivity index (χ0n) is 14.3. The number of carbonyl (C=O) groups is 1. The number of thiocarbonyl (C=S) groups is 1. The molecule has 27 heavy (non-hydrogen) atoms. The Morgan fingerprint density at radius 3 is 1.96 bits per heavy atom. The lowest BCUT2D eigenvalue weighted by Gasteiger charge is -2.08. The summed E-state index contributed by atoms with van der Waals surface area (Å²) in [5.41, 5.74) is 7.73. The highest BCUT2D eigenvalue weighted by atomic mass is 32.1. The van der Waals surface area contributed by atoms with Gasteiger partial charge in [0.15, 0.2) is 0 Å². The fourth-order valence-corrected chi connectivity index (χ4v) is 2.52. The number of ether oxygens (including phenoxy) is 1. The van der Waals surface area contributed by atoms with Crippen molar-refractivity contribution in [3.63, 3.8) is 0 Å². The molecule has 0 radical (unpaired) electrons. The van der Waals surface area contributed by atoms with E-state index in [9.17, 15) is 9.18 Å². The summed E-state index contributed by atoms with van der Waals surface area (Å²) in [6.07, 6.45) is 0. The standard InChI is InChI=1S/C21H17FN2O2S/c22-17-7-11-19(12-8-17)26-18-9-1-14(2-10-18)13-24-21(25)16-5-3-15(4-6-16)20(23)27/h1-12H,13H2,(H2,23,27)(H,24,25). The third-order valence-corrected chi connectivity index (χ3v) is 4.09. The van der Waals surface area contributed by atoms with E-state index in [0.717, 1.165) is 11.1 Å². The van der Waals surface area contributed by atoms with E-state index in [0.29, 0.717) is 28.6 Å². The first kappa shape index (κ1) is 18.5. The summed E-state index contributed by atoms with van der Waals surface area (Å²) in [5.74, 6) is 0.688. The van der Waals surface area contributed by atoms with Gasteiger partial charge < -0.3 is 15.8 Å². The molecule has 0 heterocycles. The lowest BCUT2D eigenvalue weighted by molar-refractivity contribution is 0.0951. The number of nitrogens with two attached hydrogens (primary N) is 1. The smallest absolute Gasteiger partial charge is 0.251 e. The van der Waals surface area contributed by atoms with Gasteiger partial charge in [-0.3, -0.25) is 4.79 Å². The van der Waals surface area contributed by atoms with Gasteiger partial charge in [0, 0.05) is 17.7 Å². The average Bonchev–Trinajstić information content (AvgIpc) is 2.69. The van der Waals surface area contributed by atoms with Crippen molar-refractivity contribution in [2.24, 2.45) is 5.73 Å². The number of benzene rings is 3. The van der Waals surface area contributed by atoms with Crippen molar-refractivity contribution in [2.75, 3.05) is 0 Å². The number of nitrogens with one attached hydrogen (secondary N) is 1. The maximum Gasteiger partial charge on any atom is 0.251 e. The van der Waals surface area contributed by atoms with E-state index in [1.54, 1.807) is 48.5 Å². The molecule has 0 unspecified atom stereocenters. The monoisotopic (exact) mass is 380 g/mol. The number of rotatable bonds is 6. The molecule has 4 nitrogen and oxygen atoms in total. The van der Waals surface area contributed by atoms with Crippen LogP contribution in [0.15, 0.2) is 72.8 Å². The van der Waals surface area contributed by atoms with Gasteiger partial charge in [-0.15, -0.1) is 0 Å². The highest BCUT2D eigenvalue weighted by Crippen LogP contribution is 2.21. The van der Waals surface area contributed by atoms with Gasteiger partial charge in [0.2, 0.25) is 0 Å². The molecule has 6 heteroatoms. The van der Waals surface area contributed by atoms with Gasteiger partial charge in [-0.1, -0.05) is 36.5 Å². The number of amides is 1. The fraction of sp³-hybridized carbons (Fsp3) is 0.0476. The van der Waals surface area contributed by atoms with Crippen molar-refractivity contribution in [3.8, 4) is 11.5 Å². The Kier molecular flexibility index (Phi) is 5.78. The quantitative estimate of drug-likeness (QED) is 0.630. The van der Waals surface area contributed by atoms with E-state index >= 15 is 0 Å². The van der Waals surface area contributed by atoms with Crippen LogP contribution < -0.4 is 15.8 Å². The van der Waals surface area contributed by atoms with Crippen molar-refractivity contribution in [3.05, 3.63) is 95.3 Å². The molecule has 0 fully saturated rings. The summed E-state index contributed by atoms with van der Waals surface area (Å²) >= 11 is 4.89. The van der Waals surface area contributed by atoms with Gasteiger partial charge in [-0.2, -0.15) is 0 Å². The summed E-state index contributed by atoms with van der Waals surface area (Å²) in [4.78, 5) is 12.5. The third kappa shape index (κ3) is 5.12. The maximum absolute atomic E-state index is 12.9. The molecule has 3 aromatic rings. The van der Waals surface area contributed by atoms with Crippen LogP contribution in [0.4, 0.5) is 4.39 Å². The minimum atomic E-state index is -0.311. The third-order valence-electron chi connectivity index (χ3n) is 3.86. The van der Waals surface area contributed by atoms with Gasteiger partial charge in [0.25, 0.3) is 5.91 Å². The fourth-order valence-electron chi connectivity index (χ4n) is 2.38. The predicted molar refractivity (Wildman–Crippen MR) is 106 cm³/mol. The van der Waals surface area contributed by atoms with Crippen molar-refractivity contribution >= 4 is 23.1 Å². The Balaban J connectivity index is 1.55. The van der Waals surface area contributed by atoms with E-state index in [1.807, 2.05) is 12.1 Å². The van der Waals surface area contributed by atoms with Crippen LogP contribution in [0, 0.1) is 5.82 Å². The van der Waals surface area contributed by atoms with E-state index in [1.165, 1.54) is 12.1 Å². The second-order valence-electron chi connectivity index (χ2n) is 5.82. The summed E-state index contributed by atoms with van der Waals surface area (Å²) < 4.78 is 18.5. The molecule has 3 aromatic carbocycles. The first-order chi connectivity index (χ1) is 13.0. The molecule has 0 aliphatic carbocycles. The second-order valence-corrected chi connectivity index (χ2v) is 6.26. The number of halogens is 1. The maximum atomic E-state index is 12.9. The molecule has 0 aliphatic rings. The molecule has 0 aromatic heterocycles. The Hall–Kier alpha value is -3.25. The predicted octanol–water partition coefficient (Wildman–Crippen LogP) is 4.18. The SMILES string of the molecule is NC(=S)c1ccc(C(=O)NCc2ccc(Oc3ccc(F)cc3)cc2)cc1. The van der Waals surface area contributed by atoms with Gasteiger partial charge >= 0.3 is 0 Å². The first-order valence-corrected chi connectivity index (χ1v) is 8.62. The lowest BCUT2D eigenvalue weighted by Crippen LogP contribution is -2.22. The largest absolute Gasteiger partial charge is 0.457 e. The Morgan fingerprint density at radius 1 is 0.889 bits per heavy atom. The van der Waals surface area contributed by atoms with Crippen LogP contribution in [-0.4, -0.2) is 10.9 Å². The average molecular weight is 380 g/mol. The molecule has 0 bridgehead atoms. The minimum Gasteiger partial charge on any atom is -0.457 e. The Morgan fingerprint density at radius 2 is 1.41 bits per heavy atom. The molecule has 0 saturated heterocycles. The Labute approximate surface area is 161 Å². The summed E-state index contributed by atoms with van der Waals surface area (Å²) in [6.45, 7) is 0.382. The van der Waals surface area contributed by atoms with Crippen LogP contribution in [0.5, 0.6) is 11.5 Å². The van der Waals surface area contributed by atoms with Crippen LogP contribution in [0.1, 0.15) is 21.5 Å². The van der Waals surface area contributed by atoms with Crippen molar-refractivity contribution in [2.45, 2.75) is 6.54 Å². The molecular weight excluding hydrogens is 363 g/mol. The van der Waals surface area contributed by atoms with Crippen molar-refractivity contribution in [1.82, 2.24) is 5.32 Å². The van der Waals surface area contributed by atoms with Crippen LogP contribution in [0.2, 0.25) is 0 Å². The normalized spacial score (nSPS) is 10.3. The Bertz CT molecular complexity index is 939. The number of hydrogen-bond donors (Lipinski definition) is 2. The molecule has 3 rings (SSSR count). The minimum absolute atomic E-state index is 0.184. The molecule has 3 N–H and O–H groups in total. The van der Waals surface area contributed by atoms with Gasteiger partial charge in [-0.05, 0) is 54.1 Å². The number of carbonyl (C=O) groups excluding carboxylic acids is 1. The zero-order chi connectivity index (χ0) is 19.2. The lowest BCUT2D eigenvalue weighted by atomic mass is 10.1. The van der Waals surface area contributed by atoms with E-state index in [2.05, 4.69) is 5.32 Å². The van der Waals surface area contributed by atoms with E-state index in [4.69, 9.17) is 22.7 Å². The van der Waals surface area contributed by atoms with Crippen molar-refractivity contribution < 1.29 is 13.9 Å². The van der Waals surface area contributed by atoms with Gasteiger partial charge in [-0.25, -0.2) is 4.39 Å². The summed E-state index contributed by atoms with van der Waals surface area (Å²) in [5, 5.41) is 2.85. The first-order valence-electron chi connectivity index (χ1n) is 8.22. The summed E-state index contributed by atoms with van der Waals surface area (Å²) in [7, 11) is 0. The topological polar surface area (TPSA) is 64.4 Å². The van der Waals surface area contributed by atoms with Crippen LogP contribution in [0.3, 0.4) is 0 Å². The van der Waals surface area contributed by atoms with E-state index in [-0.39, 0.29) is 11.7 Å². The van der Waals surface area contributed by atoms with Crippen LogP contribution in [0.25, 0.3) is 0 Å². The second kappa shape index (κ2) is 8.42. The summed E-state index contributed by atoms with van der Waals surface area (Å²) in [6, 6.07) is 19.9. The molecule has 0 spiro atoms. The van der Waals surface area contributed by atoms with Crippen LogP contribution in [-0.2, 0) is 6.54 Å². The zero-order valence-corrected chi connectivity index (χ0v) is 15.1. The highest BCUT2D eigenvalue weighted by molar-refractivity contribution is 7.80. The van der Waals surface area contributed by atoms with E-state index < -0.39 is 0 Å². The molecule has 0 atom stereocenters. The molecule has 136 valence electrons. The molecule has 0 aliphatic heterocycles. The highest BCUT2D eigenvalue weighted by Gasteiger charge is 2.06. The molecule has 1 amide bonds. The van der Waals surface area contributed by atoms with Gasteiger partial charge in [0.1, 0.15) is 22.3 Å².